The van der Waals surface area contributed by atoms with Gasteiger partial charge in [-0.3, -0.25) is 0 Å². The highest BCUT2D eigenvalue weighted by molar-refractivity contribution is 9.11. The number of hydrogen-bond acceptors (Lipinski definition) is 1. The molecule has 0 spiro atoms. The van der Waals surface area contributed by atoms with E-state index in [2.05, 4.69) is 34.1 Å². The predicted molar refractivity (Wildman–Crippen MR) is 76.2 cm³/mol. The molecule has 1 nitrogen and oxygen atoms in total. The summed E-state index contributed by atoms with van der Waals surface area (Å²) in [5, 5.41) is 0. The third-order valence-corrected chi connectivity index (χ3v) is 3.59. The highest BCUT2D eigenvalue weighted by Crippen LogP contribution is 2.22. The van der Waals surface area contributed by atoms with Crippen LogP contribution < -0.4 is 0 Å². The molecule has 0 aliphatic heterocycles. The predicted octanol–water partition coefficient (Wildman–Crippen LogP) is 4.77. The van der Waals surface area contributed by atoms with Gasteiger partial charge in [-0.25, -0.2) is 0 Å². The molecule has 1 aliphatic rings. The van der Waals surface area contributed by atoms with Gasteiger partial charge in [0.05, 0.1) is 12.7 Å². The van der Waals surface area contributed by atoms with Crippen molar-refractivity contribution < 1.29 is 4.74 Å². The zero-order valence-electron chi connectivity index (χ0n) is 10.1. The normalized spacial score (nSPS) is 18.3. The summed E-state index contributed by atoms with van der Waals surface area (Å²) in [5.41, 5.74) is 1.21. The quantitative estimate of drug-likeness (QED) is 0.777. The van der Waals surface area contributed by atoms with Crippen molar-refractivity contribution in [3.63, 3.8) is 0 Å². The lowest BCUT2D eigenvalue weighted by Gasteiger charge is -2.21. The van der Waals surface area contributed by atoms with Gasteiger partial charge < -0.3 is 4.74 Å². The molecule has 0 heterocycles. The number of halogens is 1. The highest BCUT2D eigenvalue weighted by Gasteiger charge is 2.13. The van der Waals surface area contributed by atoms with Crippen LogP contribution in [0.1, 0.15) is 37.7 Å². The minimum Gasteiger partial charge on any atom is -0.373 e. The van der Waals surface area contributed by atoms with Crippen LogP contribution in [0.4, 0.5) is 0 Å². The average molecular weight is 295 g/mol. The molecule has 92 valence electrons. The van der Waals surface area contributed by atoms with Gasteiger partial charge in [-0.1, -0.05) is 65.5 Å². The van der Waals surface area contributed by atoms with Crippen molar-refractivity contribution in [3.8, 4) is 0 Å². The van der Waals surface area contributed by atoms with Crippen LogP contribution in [0.3, 0.4) is 0 Å². The Hall–Kier alpha value is -0.600. The van der Waals surface area contributed by atoms with Crippen LogP contribution in [0.25, 0.3) is 6.08 Å². The summed E-state index contributed by atoms with van der Waals surface area (Å²) in [4.78, 5) is 0. The second kappa shape index (κ2) is 6.97. The van der Waals surface area contributed by atoms with E-state index in [0.717, 1.165) is 4.48 Å². The standard InChI is InChI=1S/C15H19BrO/c16-14(11-13-7-3-1-4-8-13)12-17-15-9-5-2-6-10-15/h1,3-4,7-8,11,15H,2,5-6,9-10,12H2. The van der Waals surface area contributed by atoms with Gasteiger partial charge in [0.2, 0.25) is 0 Å². The van der Waals surface area contributed by atoms with Gasteiger partial charge >= 0.3 is 0 Å². The summed E-state index contributed by atoms with van der Waals surface area (Å²) in [6.07, 6.45) is 9.08. The van der Waals surface area contributed by atoms with Crippen LogP contribution in [-0.4, -0.2) is 12.7 Å². The van der Waals surface area contributed by atoms with Gasteiger partial charge in [0, 0.05) is 4.48 Å². The molecule has 0 atom stereocenters. The van der Waals surface area contributed by atoms with E-state index in [-0.39, 0.29) is 0 Å². The van der Waals surface area contributed by atoms with E-state index >= 15 is 0 Å². The Morgan fingerprint density at radius 1 is 1.18 bits per heavy atom. The van der Waals surface area contributed by atoms with Crippen LogP contribution in [0.15, 0.2) is 34.8 Å². The molecule has 1 fully saturated rings. The molecule has 0 unspecified atom stereocenters. The van der Waals surface area contributed by atoms with Gasteiger partial charge in [0.25, 0.3) is 0 Å². The molecule has 0 N–H and O–H groups in total. The van der Waals surface area contributed by atoms with Crippen molar-refractivity contribution in [2.45, 2.75) is 38.2 Å². The number of hydrogen-bond donors (Lipinski definition) is 0. The summed E-state index contributed by atoms with van der Waals surface area (Å²) in [5.74, 6) is 0. The Labute approximate surface area is 112 Å². The Morgan fingerprint density at radius 3 is 2.59 bits per heavy atom. The van der Waals surface area contributed by atoms with E-state index in [1.54, 1.807) is 0 Å². The maximum Gasteiger partial charge on any atom is 0.0785 e. The zero-order chi connectivity index (χ0) is 11.9. The second-order valence-electron chi connectivity index (χ2n) is 4.57. The molecule has 0 aromatic heterocycles. The summed E-state index contributed by atoms with van der Waals surface area (Å²) in [6, 6.07) is 10.3. The van der Waals surface area contributed by atoms with Gasteiger partial charge in [-0.15, -0.1) is 0 Å². The number of rotatable bonds is 4. The van der Waals surface area contributed by atoms with Crippen molar-refractivity contribution in [2.75, 3.05) is 6.61 Å². The van der Waals surface area contributed by atoms with E-state index in [1.165, 1.54) is 37.7 Å². The topological polar surface area (TPSA) is 9.23 Å². The fourth-order valence-electron chi connectivity index (χ4n) is 2.20. The summed E-state index contributed by atoms with van der Waals surface area (Å²) < 4.78 is 7.02. The summed E-state index contributed by atoms with van der Waals surface area (Å²) in [7, 11) is 0. The molecule has 1 saturated carbocycles. The number of ether oxygens (including phenoxy) is 1. The first-order valence-electron chi connectivity index (χ1n) is 6.37. The fraction of sp³-hybridized carbons (Fsp3) is 0.467. The lowest BCUT2D eigenvalue weighted by Crippen LogP contribution is -2.17. The fourth-order valence-corrected chi connectivity index (χ4v) is 2.60. The Morgan fingerprint density at radius 2 is 1.88 bits per heavy atom. The molecule has 2 heteroatoms. The van der Waals surface area contributed by atoms with Crippen LogP contribution in [0, 0.1) is 0 Å². The number of benzene rings is 1. The zero-order valence-corrected chi connectivity index (χ0v) is 11.7. The molecule has 1 aromatic rings. The van der Waals surface area contributed by atoms with E-state index in [1.807, 2.05) is 18.2 Å². The van der Waals surface area contributed by atoms with Crippen LogP contribution >= 0.6 is 15.9 Å². The van der Waals surface area contributed by atoms with Crippen molar-refractivity contribution in [1.82, 2.24) is 0 Å². The molecule has 17 heavy (non-hydrogen) atoms. The highest BCUT2D eigenvalue weighted by atomic mass is 79.9. The lowest BCUT2D eigenvalue weighted by molar-refractivity contribution is 0.0459. The van der Waals surface area contributed by atoms with Crippen molar-refractivity contribution in [2.24, 2.45) is 0 Å². The molecular formula is C15H19BrO. The molecule has 1 aromatic carbocycles. The first-order valence-corrected chi connectivity index (χ1v) is 7.16. The first-order chi connectivity index (χ1) is 8.34. The Bertz CT molecular complexity index is 352. The third-order valence-electron chi connectivity index (χ3n) is 3.13. The first kappa shape index (κ1) is 12.8. The van der Waals surface area contributed by atoms with Gasteiger partial charge in [0.1, 0.15) is 0 Å². The third kappa shape index (κ3) is 4.64. The lowest BCUT2D eigenvalue weighted by atomic mass is 9.98. The largest absolute Gasteiger partial charge is 0.373 e. The van der Waals surface area contributed by atoms with Crippen LogP contribution in [0.2, 0.25) is 0 Å². The summed E-state index contributed by atoms with van der Waals surface area (Å²) >= 11 is 3.58. The van der Waals surface area contributed by atoms with Crippen LogP contribution in [0.5, 0.6) is 0 Å². The van der Waals surface area contributed by atoms with E-state index in [9.17, 15) is 0 Å². The molecule has 0 bridgehead atoms. The van der Waals surface area contributed by atoms with Gasteiger partial charge in [-0.05, 0) is 24.5 Å². The van der Waals surface area contributed by atoms with E-state index < -0.39 is 0 Å². The molecule has 0 radical (unpaired) electrons. The molecule has 2 rings (SSSR count). The Balaban J connectivity index is 1.80. The van der Waals surface area contributed by atoms with Crippen molar-refractivity contribution in [3.05, 3.63) is 40.4 Å². The van der Waals surface area contributed by atoms with Crippen LogP contribution in [-0.2, 0) is 4.74 Å². The molecule has 0 saturated heterocycles. The minimum absolute atomic E-state index is 0.473. The smallest absolute Gasteiger partial charge is 0.0785 e. The SMILES string of the molecule is BrC(=Cc1ccccc1)COC1CCCCC1. The minimum atomic E-state index is 0.473. The molecule has 1 aliphatic carbocycles. The summed E-state index contributed by atoms with van der Waals surface area (Å²) in [6.45, 7) is 0.694. The van der Waals surface area contributed by atoms with Crippen molar-refractivity contribution >= 4 is 22.0 Å². The molecular weight excluding hydrogens is 276 g/mol. The maximum absolute atomic E-state index is 5.90. The van der Waals surface area contributed by atoms with Gasteiger partial charge in [0.15, 0.2) is 0 Å². The average Bonchev–Trinajstić information content (AvgIpc) is 2.39. The second-order valence-corrected chi connectivity index (χ2v) is 5.59. The molecule has 0 amide bonds. The van der Waals surface area contributed by atoms with E-state index in [0.29, 0.717) is 12.7 Å². The van der Waals surface area contributed by atoms with E-state index in [4.69, 9.17) is 4.74 Å². The van der Waals surface area contributed by atoms with Crippen molar-refractivity contribution in [1.29, 1.82) is 0 Å². The van der Waals surface area contributed by atoms with Gasteiger partial charge in [-0.2, -0.15) is 0 Å². The maximum atomic E-state index is 5.90. The monoisotopic (exact) mass is 294 g/mol. The Kier molecular flexibility index (Phi) is 5.27.